The molecule has 4 heteroatoms. The summed E-state index contributed by atoms with van der Waals surface area (Å²) in [4.78, 5) is 10.4. The fraction of sp³-hybridized carbons (Fsp3) is 0.231. The zero-order valence-electron chi connectivity index (χ0n) is 10.1. The van der Waals surface area contributed by atoms with Gasteiger partial charge in [-0.1, -0.05) is 30.3 Å². The molecule has 1 aromatic carbocycles. The van der Waals surface area contributed by atoms with Crippen molar-refractivity contribution in [2.45, 2.75) is 6.54 Å². The second-order valence-electron chi connectivity index (χ2n) is 3.98. The van der Waals surface area contributed by atoms with Gasteiger partial charge in [0.1, 0.15) is 5.82 Å². The molecule has 1 heterocycles. The number of aromatic nitrogens is 2. The van der Waals surface area contributed by atoms with Crippen LogP contribution in [0, 0.1) is 0 Å². The Kier molecular flexibility index (Phi) is 3.55. The van der Waals surface area contributed by atoms with Gasteiger partial charge in [-0.15, -0.1) is 0 Å². The molecule has 88 valence electrons. The molecule has 0 bridgehead atoms. The number of anilines is 2. The highest BCUT2D eigenvalue weighted by Gasteiger charge is 2.00. The van der Waals surface area contributed by atoms with Crippen molar-refractivity contribution in [3.05, 3.63) is 48.2 Å². The van der Waals surface area contributed by atoms with Gasteiger partial charge >= 0.3 is 0 Å². The summed E-state index contributed by atoms with van der Waals surface area (Å²) in [7, 11) is 3.85. The van der Waals surface area contributed by atoms with Gasteiger partial charge in [0.25, 0.3) is 0 Å². The molecule has 17 heavy (non-hydrogen) atoms. The molecule has 0 radical (unpaired) electrons. The van der Waals surface area contributed by atoms with Gasteiger partial charge in [0, 0.05) is 26.8 Å². The quantitative estimate of drug-likeness (QED) is 0.870. The first kappa shape index (κ1) is 11.4. The minimum absolute atomic E-state index is 0.711. The average molecular weight is 228 g/mol. The van der Waals surface area contributed by atoms with Gasteiger partial charge in [0.05, 0.1) is 0 Å². The number of benzene rings is 1. The van der Waals surface area contributed by atoms with E-state index in [0.29, 0.717) is 5.95 Å². The van der Waals surface area contributed by atoms with Gasteiger partial charge < -0.3 is 10.2 Å². The lowest BCUT2D eigenvalue weighted by molar-refractivity contribution is 0.987. The van der Waals surface area contributed by atoms with E-state index in [0.717, 1.165) is 12.4 Å². The van der Waals surface area contributed by atoms with Crippen molar-refractivity contribution >= 4 is 11.8 Å². The number of rotatable bonds is 4. The van der Waals surface area contributed by atoms with Crippen molar-refractivity contribution in [2.75, 3.05) is 24.3 Å². The largest absolute Gasteiger partial charge is 0.366 e. The first-order valence-electron chi connectivity index (χ1n) is 5.54. The summed E-state index contributed by atoms with van der Waals surface area (Å²) in [5.74, 6) is 1.55. The highest BCUT2D eigenvalue weighted by Crippen LogP contribution is 2.09. The molecule has 0 aliphatic rings. The first-order chi connectivity index (χ1) is 8.25. The van der Waals surface area contributed by atoms with Gasteiger partial charge in [-0.2, -0.15) is 4.98 Å². The lowest BCUT2D eigenvalue weighted by Crippen LogP contribution is -2.13. The molecule has 1 aromatic heterocycles. The molecule has 0 amide bonds. The van der Waals surface area contributed by atoms with E-state index in [1.807, 2.05) is 43.3 Å². The summed E-state index contributed by atoms with van der Waals surface area (Å²) in [6.45, 7) is 0.769. The molecule has 0 unspecified atom stereocenters. The van der Waals surface area contributed by atoms with Gasteiger partial charge in [-0.05, 0) is 11.6 Å². The molecule has 0 saturated carbocycles. The zero-order valence-corrected chi connectivity index (χ0v) is 10.1. The highest BCUT2D eigenvalue weighted by atomic mass is 15.2. The average Bonchev–Trinajstić information content (AvgIpc) is 2.38. The Balaban J connectivity index is 2.02. The third kappa shape index (κ3) is 3.17. The van der Waals surface area contributed by atoms with Crippen LogP contribution >= 0.6 is 0 Å². The fourth-order valence-electron chi connectivity index (χ4n) is 1.45. The zero-order chi connectivity index (χ0) is 12.1. The summed E-state index contributed by atoms with van der Waals surface area (Å²) in [5, 5.41) is 3.28. The topological polar surface area (TPSA) is 41.1 Å². The fourth-order valence-corrected chi connectivity index (χ4v) is 1.45. The van der Waals surface area contributed by atoms with Crippen LogP contribution in [0.5, 0.6) is 0 Å². The Hall–Kier alpha value is -2.10. The van der Waals surface area contributed by atoms with Crippen LogP contribution in [0.1, 0.15) is 5.56 Å². The third-order valence-corrected chi connectivity index (χ3v) is 2.36. The SMILES string of the molecule is CN(C)c1nccc(NCc2ccccc2)n1. The van der Waals surface area contributed by atoms with Gasteiger partial charge in [-0.25, -0.2) is 4.98 Å². The summed E-state index contributed by atoms with van der Waals surface area (Å²) in [6.07, 6.45) is 1.76. The number of hydrogen-bond donors (Lipinski definition) is 1. The van der Waals surface area contributed by atoms with Crippen LogP contribution in [0.15, 0.2) is 42.6 Å². The van der Waals surface area contributed by atoms with E-state index in [2.05, 4.69) is 27.4 Å². The van der Waals surface area contributed by atoms with Crippen LogP contribution in [0.2, 0.25) is 0 Å². The second kappa shape index (κ2) is 5.30. The van der Waals surface area contributed by atoms with E-state index < -0.39 is 0 Å². The Morgan fingerprint density at radius 1 is 1.12 bits per heavy atom. The summed E-state index contributed by atoms with van der Waals surface area (Å²) in [5.41, 5.74) is 1.23. The molecular weight excluding hydrogens is 212 g/mol. The molecule has 0 fully saturated rings. The monoisotopic (exact) mass is 228 g/mol. The van der Waals surface area contributed by atoms with Gasteiger partial charge in [0.2, 0.25) is 5.95 Å². The summed E-state index contributed by atoms with van der Waals surface area (Å²) >= 11 is 0. The molecule has 2 aromatic rings. The summed E-state index contributed by atoms with van der Waals surface area (Å²) in [6, 6.07) is 12.1. The molecule has 1 N–H and O–H groups in total. The molecule has 4 nitrogen and oxygen atoms in total. The molecule has 0 saturated heterocycles. The maximum absolute atomic E-state index is 4.39. The van der Waals surface area contributed by atoms with Crippen molar-refractivity contribution in [3.8, 4) is 0 Å². The molecular formula is C13H16N4. The van der Waals surface area contributed by atoms with Crippen LogP contribution in [-0.4, -0.2) is 24.1 Å². The van der Waals surface area contributed by atoms with E-state index in [4.69, 9.17) is 0 Å². The van der Waals surface area contributed by atoms with E-state index >= 15 is 0 Å². The van der Waals surface area contributed by atoms with Gasteiger partial charge in [0.15, 0.2) is 0 Å². The maximum atomic E-state index is 4.39. The van der Waals surface area contributed by atoms with Crippen LogP contribution < -0.4 is 10.2 Å². The lowest BCUT2D eigenvalue weighted by Gasteiger charge is -2.11. The first-order valence-corrected chi connectivity index (χ1v) is 5.54. The van der Waals surface area contributed by atoms with Crippen LogP contribution in [-0.2, 0) is 6.54 Å². The van der Waals surface area contributed by atoms with E-state index in [1.165, 1.54) is 5.56 Å². The van der Waals surface area contributed by atoms with Gasteiger partial charge in [-0.3, -0.25) is 0 Å². The van der Waals surface area contributed by atoms with Crippen LogP contribution in [0.3, 0.4) is 0 Å². The highest BCUT2D eigenvalue weighted by molar-refractivity contribution is 5.40. The maximum Gasteiger partial charge on any atom is 0.226 e. The molecule has 0 aliphatic heterocycles. The van der Waals surface area contributed by atoms with E-state index in [1.54, 1.807) is 6.20 Å². The smallest absolute Gasteiger partial charge is 0.226 e. The molecule has 2 rings (SSSR count). The van der Waals surface area contributed by atoms with Crippen LogP contribution in [0.4, 0.5) is 11.8 Å². The molecule has 0 spiro atoms. The van der Waals surface area contributed by atoms with Crippen molar-refractivity contribution in [1.82, 2.24) is 9.97 Å². The molecule has 0 aliphatic carbocycles. The predicted octanol–water partition coefficient (Wildman–Crippen LogP) is 2.15. The standard InChI is InChI=1S/C13H16N4/c1-17(2)13-14-9-8-12(16-13)15-10-11-6-4-3-5-7-11/h3-9H,10H2,1-2H3,(H,14,15,16). The second-order valence-corrected chi connectivity index (χ2v) is 3.98. The van der Waals surface area contributed by atoms with Crippen molar-refractivity contribution < 1.29 is 0 Å². The Bertz CT molecular complexity index is 468. The van der Waals surface area contributed by atoms with E-state index in [9.17, 15) is 0 Å². The normalized spacial score (nSPS) is 10.0. The Morgan fingerprint density at radius 3 is 2.59 bits per heavy atom. The van der Waals surface area contributed by atoms with Crippen LogP contribution in [0.25, 0.3) is 0 Å². The van der Waals surface area contributed by atoms with Crippen molar-refractivity contribution in [3.63, 3.8) is 0 Å². The minimum Gasteiger partial charge on any atom is -0.366 e. The van der Waals surface area contributed by atoms with Crippen molar-refractivity contribution in [2.24, 2.45) is 0 Å². The number of hydrogen-bond acceptors (Lipinski definition) is 4. The third-order valence-electron chi connectivity index (χ3n) is 2.36. The molecule has 0 atom stereocenters. The number of nitrogens with one attached hydrogen (secondary N) is 1. The summed E-state index contributed by atoms with van der Waals surface area (Å²) < 4.78 is 0. The Morgan fingerprint density at radius 2 is 1.88 bits per heavy atom. The minimum atomic E-state index is 0.711. The van der Waals surface area contributed by atoms with E-state index in [-0.39, 0.29) is 0 Å². The predicted molar refractivity (Wildman–Crippen MR) is 70.1 cm³/mol. The Labute approximate surface area is 101 Å². The van der Waals surface area contributed by atoms with Crippen molar-refractivity contribution in [1.29, 1.82) is 0 Å². The lowest BCUT2D eigenvalue weighted by atomic mass is 10.2. The number of nitrogens with zero attached hydrogens (tertiary/aromatic N) is 3.